The maximum absolute atomic E-state index is 6.60. The number of nitrogens with zero attached hydrogens (tertiary/aromatic N) is 2. The average Bonchev–Trinajstić information content (AvgIpc) is 3.68. The van der Waals surface area contributed by atoms with Gasteiger partial charge in [-0.2, -0.15) is 0 Å². The van der Waals surface area contributed by atoms with Gasteiger partial charge in [-0.05, 0) is 50.3 Å². The van der Waals surface area contributed by atoms with Crippen molar-refractivity contribution in [2.45, 2.75) is 32.4 Å². The van der Waals surface area contributed by atoms with Crippen molar-refractivity contribution in [2.24, 2.45) is 0 Å². The number of fused-ring (bicyclic) bond motifs is 12. The monoisotopic (exact) mass is 620 g/mol. The summed E-state index contributed by atoms with van der Waals surface area (Å²) in [6.45, 7) is 9.57. The zero-order valence-electron chi connectivity index (χ0n) is 26.8. The van der Waals surface area contributed by atoms with Crippen molar-refractivity contribution in [3.8, 4) is 44.9 Å². The lowest BCUT2D eigenvalue weighted by atomic mass is 9.82. The van der Waals surface area contributed by atoms with Gasteiger partial charge in [0.2, 0.25) is 0 Å². The predicted octanol–water partition coefficient (Wildman–Crippen LogP) is 9.97. The van der Waals surface area contributed by atoms with Crippen LogP contribution in [0.3, 0.4) is 0 Å². The van der Waals surface area contributed by atoms with E-state index in [1.54, 1.807) is 0 Å². The normalized spacial score (nSPS) is 15.1. The van der Waals surface area contributed by atoms with E-state index in [1.807, 2.05) is 6.07 Å². The van der Waals surface area contributed by atoms with E-state index >= 15 is 0 Å². The molecule has 0 fully saturated rings. The van der Waals surface area contributed by atoms with Crippen LogP contribution in [0.1, 0.15) is 25.0 Å². The molecular formula is C43H32N2OSi. The molecule has 0 amide bonds. The van der Waals surface area contributed by atoms with E-state index in [0.29, 0.717) is 0 Å². The molecule has 0 N–H and O–H groups in total. The Morgan fingerprint density at radius 3 is 2.21 bits per heavy atom. The number of furan rings is 1. The molecule has 1 aliphatic heterocycles. The van der Waals surface area contributed by atoms with Gasteiger partial charge in [-0.1, -0.05) is 136 Å². The minimum Gasteiger partial charge on any atom is -0.455 e. The van der Waals surface area contributed by atoms with Gasteiger partial charge in [-0.25, -0.2) is 9.97 Å². The molecule has 0 saturated heterocycles. The van der Waals surface area contributed by atoms with E-state index < -0.39 is 8.07 Å². The quantitative estimate of drug-likeness (QED) is 0.181. The van der Waals surface area contributed by atoms with Crippen LogP contribution in [0.15, 0.2) is 126 Å². The summed E-state index contributed by atoms with van der Waals surface area (Å²) in [6.07, 6.45) is 0. The molecule has 6 aromatic carbocycles. The summed E-state index contributed by atoms with van der Waals surface area (Å²) in [4.78, 5) is 10.9. The van der Waals surface area contributed by atoms with Crippen molar-refractivity contribution in [3.63, 3.8) is 0 Å². The molecule has 10 rings (SSSR count). The summed E-state index contributed by atoms with van der Waals surface area (Å²) < 4.78 is 6.60. The molecule has 3 heterocycles. The van der Waals surface area contributed by atoms with Crippen LogP contribution < -0.4 is 10.4 Å². The van der Waals surface area contributed by atoms with E-state index in [0.717, 1.165) is 55.5 Å². The van der Waals surface area contributed by atoms with Crippen LogP contribution in [-0.4, -0.2) is 18.0 Å². The van der Waals surface area contributed by atoms with Crippen LogP contribution in [0, 0.1) is 0 Å². The Morgan fingerprint density at radius 1 is 0.596 bits per heavy atom. The highest BCUT2D eigenvalue weighted by atomic mass is 28.3. The van der Waals surface area contributed by atoms with Gasteiger partial charge < -0.3 is 4.42 Å². The molecule has 2 aliphatic rings. The number of rotatable bonds is 2. The highest BCUT2D eigenvalue weighted by Gasteiger charge is 2.40. The second kappa shape index (κ2) is 9.15. The van der Waals surface area contributed by atoms with E-state index in [9.17, 15) is 0 Å². The summed E-state index contributed by atoms with van der Waals surface area (Å²) in [5.41, 5.74) is 13.6. The van der Waals surface area contributed by atoms with E-state index in [-0.39, 0.29) is 5.41 Å². The largest absolute Gasteiger partial charge is 0.455 e. The third-order valence-corrected chi connectivity index (χ3v) is 14.4. The average molecular weight is 621 g/mol. The smallest absolute Gasteiger partial charge is 0.160 e. The molecule has 47 heavy (non-hydrogen) atoms. The molecule has 2 aromatic heterocycles. The summed E-state index contributed by atoms with van der Waals surface area (Å²) in [5, 5.41) is 6.32. The second-order valence-corrected chi connectivity index (χ2v) is 18.5. The van der Waals surface area contributed by atoms with Gasteiger partial charge in [0.1, 0.15) is 19.2 Å². The highest BCUT2D eigenvalue weighted by molar-refractivity contribution is 7.05. The summed E-state index contributed by atoms with van der Waals surface area (Å²) in [7, 11) is -2.03. The van der Waals surface area contributed by atoms with E-state index in [4.69, 9.17) is 14.4 Å². The van der Waals surface area contributed by atoms with Crippen molar-refractivity contribution < 1.29 is 4.42 Å². The molecule has 0 spiro atoms. The predicted molar refractivity (Wildman–Crippen MR) is 197 cm³/mol. The molecule has 0 saturated carbocycles. The van der Waals surface area contributed by atoms with Crippen LogP contribution in [0.5, 0.6) is 0 Å². The topological polar surface area (TPSA) is 38.9 Å². The maximum atomic E-state index is 6.60. The van der Waals surface area contributed by atoms with Gasteiger partial charge in [0.15, 0.2) is 5.82 Å². The molecule has 1 aliphatic carbocycles. The van der Waals surface area contributed by atoms with Crippen LogP contribution in [0.4, 0.5) is 0 Å². The third-order valence-electron chi connectivity index (χ3n) is 10.9. The first kappa shape index (κ1) is 26.9. The van der Waals surface area contributed by atoms with Crippen molar-refractivity contribution >= 4 is 51.3 Å². The van der Waals surface area contributed by atoms with Crippen molar-refractivity contribution in [1.29, 1.82) is 0 Å². The first-order valence-electron chi connectivity index (χ1n) is 16.4. The lowest BCUT2D eigenvalue weighted by Gasteiger charge is -2.22. The van der Waals surface area contributed by atoms with E-state index in [1.165, 1.54) is 43.8 Å². The van der Waals surface area contributed by atoms with Crippen LogP contribution in [0.25, 0.3) is 77.7 Å². The molecule has 0 radical (unpaired) electrons. The first-order valence-corrected chi connectivity index (χ1v) is 19.4. The Labute approximate surface area is 274 Å². The second-order valence-electron chi connectivity index (χ2n) is 14.2. The molecule has 3 nitrogen and oxygen atoms in total. The molecule has 224 valence electrons. The molecule has 4 heteroatoms. The SMILES string of the molecule is CC1(C)c2ccc(-c3nc(-c4ccccc4)c4ccc5c(c4n3)[Si](C)(C)c3ccccc3-5)cc2-c2c1ccc1c2oc2ccccc21. The highest BCUT2D eigenvalue weighted by Crippen LogP contribution is 2.53. The Balaban J connectivity index is 1.26. The van der Waals surface area contributed by atoms with Crippen molar-refractivity contribution in [3.05, 3.63) is 132 Å². The van der Waals surface area contributed by atoms with E-state index in [2.05, 4.69) is 142 Å². The first-order chi connectivity index (χ1) is 22.8. The van der Waals surface area contributed by atoms with Gasteiger partial charge >= 0.3 is 0 Å². The number of aromatic nitrogens is 2. The summed E-state index contributed by atoms with van der Waals surface area (Å²) in [6, 6.07) is 43.8. The Morgan fingerprint density at radius 2 is 1.34 bits per heavy atom. The summed E-state index contributed by atoms with van der Waals surface area (Å²) in [5.74, 6) is 0.761. The zero-order valence-corrected chi connectivity index (χ0v) is 27.8. The number of para-hydroxylation sites is 1. The maximum Gasteiger partial charge on any atom is 0.160 e. The van der Waals surface area contributed by atoms with Crippen LogP contribution in [0.2, 0.25) is 13.1 Å². The Kier molecular flexibility index (Phi) is 5.22. The van der Waals surface area contributed by atoms with Crippen molar-refractivity contribution in [1.82, 2.24) is 9.97 Å². The number of hydrogen-bond donors (Lipinski definition) is 0. The van der Waals surface area contributed by atoms with Crippen LogP contribution in [-0.2, 0) is 5.41 Å². The zero-order chi connectivity index (χ0) is 31.7. The fraction of sp³-hybridized carbons (Fsp3) is 0.116. The lowest BCUT2D eigenvalue weighted by molar-refractivity contribution is 0.653. The minimum absolute atomic E-state index is 0.155. The lowest BCUT2D eigenvalue weighted by Crippen LogP contribution is -2.49. The van der Waals surface area contributed by atoms with Gasteiger partial charge in [0.05, 0.1) is 11.2 Å². The summed E-state index contributed by atoms with van der Waals surface area (Å²) >= 11 is 0. The molecule has 0 bridgehead atoms. The Bertz CT molecular complexity index is 2630. The molecule has 8 aromatic rings. The minimum atomic E-state index is -2.03. The van der Waals surface area contributed by atoms with Gasteiger partial charge in [-0.3, -0.25) is 0 Å². The third kappa shape index (κ3) is 3.51. The number of benzene rings is 6. The fourth-order valence-electron chi connectivity index (χ4n) is 8.55. The molecule has 0 atom stereocenters. The van der Waals surface area contributed by atoms with Gasteiger partial charge in [-0.15, -0.1) is 0 Å². The van der Waals surface area contributed by atoms with Gasteiger partial charge in [0, 0.05) is 38.3 Å². The van der Waals surface area contributed by atoms with Crippen molar-refractivity contribution in [2.75, 3.05) is 0 Å². The fourth-order valence-corrected chi connectivity index (χ4v) is 11.9. The standard InChI is InChI=1S/C43H32N2OSi/c1-43(2)33-22-18-26(24-32(33)37-34(43)23-21-29-27-14-8-10-16-35(27)46-40(29)37)42-44-38(25-12-6-5-7-13-25)31-20-19-30-28-15-9-11-17-36(28)47(3,4)41(30)39(31)45-42/h5-24H,1-4H3. The molecular weight excluding hydrogens is 589 g/mol. The van der Waals surface area contributed by atoms with Crippen LogP contribution >= 0.6 is 0 Å². The number of hydrogen-bond acceptors (Lipinski definition) is 3. The molecule has 0 unspecified atom stereocenters. The van der Waals surface area contributed by atoms with Gasteiger partial charge in [0.25, 0.3) is 0 Å². The Hall–Kier alpha value is -5.32.